The van der Waals surface area contributed by atoms with Crippen molar-refractivity contribution in [2.75, 3.05) is 36.1 Å². The number of nitrogens with one attached hydrogen (secondary N) is 1. The maximum atomic E-state index is 12.9. The van der Waals surface area contributed by atoms with Crippen molar-refractivity contribution in [3.8, 4) is 0 Å². The highest BCUT2D eigenvalue weighted by Crippen LogP contribution is 2.21. The van der Waals surface area contributed by atoms with E-state index in [0.717, 1.165) is 0 Å². The summed E-state index contributed by atoms with van der Waals surface area (Å²) in [5.74, 6) is 0.0877. The number of rotatable bonds is 6. The Morgan fingerprint density at radius 3 is 2.22 bits per heavy atom. The minimum atomic E-state index is -3.13. The van der Waals surface area contributed by atoms with Crippen LogP contribution in [0.1, 0.15) is 23.2 Å². The first kappa shape index (κ1) is 20.6. The lowest BCUT2D eigenvalue weighted by molar-refractivity contribution is 0.0697. The van der Waals surface area contributed by atoms with Crippen LogP contribution >= 0.6 is 11.6 Å². The second kappa shape index (κ2) is 8.06. The van der Waals surface area contributed by atoms with Gasteiger partial charge in [-0.05, 0) is 37.1 Å². The van der Waals surface area contributed by atoms with E-state index in [9.17, 15) is 21.6 Å². The van der Waals surface area contributed by atoms with Crippen LogP contribution in [0.3, 0.4) is 0 Å². The molecular formula is C17H23ClN2O5S2. The molecule has 2 heterocycles. The molecule has 2 atom stereocenters. The van der Waals surface area contributed by atoms with Crippen molar-refractivity contribution in [2.24, 2.45) is 0 Å². The molecule has 2 aliphatic heterocycles. The molecule has 0 saturated carbocycles. The van der Waals surface area contributed by atoms with E-state index < -0.39 is 19.7 Å². The quantitative estimate of drug-likeness (QED) is 0.708. The lowest BCUT2D eigenvalue weighted by Gasteiger charge is -2.29. The van der Waals surface area contributed by atoms with Gasteiger partial charge in [0.25, 0.3) is 5.91 Å². The Labute approximate surface area is 164 Å². The molecular weight excluding hydrogens is 412 g/mol. The van der Waals surface area contributed by atoms with Gasteiger partial charge in [-0.2, -0.15) is 0 Å². The summed E-state index contributed by atoms with van der Waals surface area (Å²) in [5, 5.41) is 3.70. The summed E-state index contributed by atoms with van der Waals surface area (Å²) in [6.45, 7) is 0.730. The fourth-order valence-corrected chi connectivity index (χ4v) is 7.14. The fourth-order valence-electron chi connectivity index (χ4n) is 3.57. The molecule has 0 aliphatic carbocycles. The van der Waals surface area contributed by atoms with Crippen LogP contribution in [0, 0.1) is 0 Å². The lowest BCUT2D eigenvalue weighted by Crippen LogP contribution is -2.46. The maximum absolute atomic E-state index is 12.9. The van der Waals surface area contributed by atoms with Crippen LogP contribution in [-0.4, -0.2) is 75.8 Å². The molecule has 1 aromatic carbocycles. The maximum Gasteiger partial charge on any atom is 0.254 e. The van der Waals surface area contributed by atoms with Crippen molar-refractivity contribution < 1.29 is 21.6 Å². The molecule has 3 rings (SSSR count). The van der Waals surface area contributed by atoms with Gasteiger partial charge in [-0.25, -0.2) is 16.8 Å². The molecule has 150 valence electrons. The zero-order chi connectivity index (χ0) is 19.7. The van der Waals surface area contributed by atoms with Crippen molar-refractivity contribution in [1.29, 1.82) is 0 Å². The number of carbonyl (C=O) groups excluding carboxylic acids is 1. The van der Waals surface area contributed by atoms with Gasteiger partial charge in [0.05, 0.1) is 23.0 Å². The van der Waals surface area contributed by atoms with E-state index >= 15 is 0 Å². The van der Waals surface area contributed by atoms with Crippen LogP contribution in [0.4, 0.5) is 0 Å². The number of sulfone groups is 2. The second-order valence-corrected chi connectivity index (χ2v) is 12.0. The fraction of sp³-hybridized carbons (Fsp3) is 0.588. The smallest absolute Gasteiger partial charge is 0.254 e. The van der Waals surface area contributed by atoms with E-state index in [1.807, 2.05) is 0 Å². The average molecular weight is 435 g/mol. The van der Waals surface area contributed by atoms with E-state index in [2.05, 4.69) is 5.32 Å². The largest absolute Gasteiger partial charge is 0.333 e. The molecule has 10 heteroatoms. The van der Waals surface area contributed by atoms with Crippen molar-refractivity contribution >= 4 is 37.2 Å². The number of carbonyl (C=O) groups is 1. The monoisotopic (exact) mass is 434 g/mol. The lowest BCUT2D eigenvalue weighted by atomic mass is 10.1. The van der Waals surface area contributed by atoms with E-state index in [1.54, 1.807) is 29.2 Å². The zero-order valence-corrected chi connectivity index (χ0v) is 17.2. The van der Waals surface area contributed by atoms with Gasteiger partial charge in [-0.3, -0.25) is 4.79 Å². The second-order valence-electron chi connectivity index (χ2n) is 7.12. The molecule has 1 aromatic rings. The molecule has 2 unspecified atom stereocenters. The SMILES string of the molecule is O=C(c1ccc(Cl)cc1)N(CCNC1CCS(=O)(=O)C1)C1CCS(=O)(=O)C1. The average Bonchev–Trinajstić information content (AvgIpc) is 3.13. The van der Waals surface area contributed by atoms with Crippen molar-refractivity contribution in [1.82, 2.24) is 10.2 Å². The van der Waals surface area contributed by atoms with Gasteiger partial charge >= 0.3 is 0 Å². The molecule has 1 N–H and O–H groups in total. The summed E-state index contributed by atoms with van der Waals surface area (Å²) in [5.41, 5.74) is 0.451. The van der Waals surface area contributed by atoms with Gasteiger partial charge in [0.2, 0.25) is 0 Å². The molecule has 0 spiro atoms. The number of hydrogen-bond donors (Lipinski definition) is 1. The standard InChI is InChI=1S/C17H23ClN2O5S2/c18-14-3-1-13(2-4-14)17(21)20(16-6-10-27(24,25)12-16)8-7-19-15-5-9-26(22,23)11-15/h1-4,15-16,19H,5-12H2. The van der Waals surface area contributed by atoms with Crippen LogP contribution in [0.2, 0.25) is 5.02 Å². The van der Waals surface area contributed by atoms with Crippen LogP contribution in [0.5, 0.6) is 0 Å². The van der Waals surface area contributed by atoms with E-state index in [-0.39, 0.29) is 41.0 Å². The summed E-state index contributed by atoms with van der Waals surface area (Å²) < 4.78 is 46.8. The molecule has 0 bridgehead atoms. The Balaban J connectivity index is 1.68. The van der Waals surface area contributed by atoms with Crippen LogP contribution in [0.15, 0.2) is 24.3 Å². The van der Waals surface area contributed by atoms with Crippen LogP contribution < -0.4 is 5.32 Å². The van der Waals surface area contributed by atoms with E-state index in [0.29, 0.717) is 36.5 Å². The molecule has 0 aromatic heterocycles. The summed E-state index contributed by atoms with van der Waals surface area (Å²) in [4.78, 5) is 14.5. The van der Waals surface area contributed by atoms with Crippen molar-refractivity contribution in [3.63, 3.8) is 0 Å². The number of nitrogens with zero attached hydrogens (tertiary/aromatic N) is 1. The molecule has 2 saturated heterocycles. The van der Waals surface area contributed by atoms with Gasteiger partial charge in [-0.1, -0.05) is 11.6 Å². The Kier molecular flexibility index (Phi) is 6.14. The predicted octanol–water partition coefficient (Wildman–Crippen LogP) is 0.746. The van der Waals surface area contributed by atoms with E-state index in [4.69, 9.17) is 11.6 Å². The van der Waals surface area contributed by atoms with Gasteiger partial charge in [0, 0.05) is 35.8 Å². The summed E-state index contributed by atoms with van der Waals surface area (Å²) >= 11 is 5.88. The van der Waals surface area contributed by atoms with Crippen LogP contribution in [0.25, 0.3) is 0 Å². The molecule has 2 fully saturated rings. The van der Waals surface area contributed by atoms with Crippen LogP contribution in [-0.2, 0) is 19.7 Å². The topological polar surface area (TPSA) is 101 Å². The first-order chi connectivity index (χ1) is 12.7. The van der Waals surface area contributed by atoms with E-state index in [1.165, 1.54) is 0 Å². The molecule has 7 nitrogen and oxygen atoms in total. The number of benzene rings is 1. The highest BCUT2D eigenvalue weighted by Gasteiger charge is 2.35. The minimum absolute atomic E-state index is 0.0376. The third-order valence-corrected chi connectivity index (χ3v) is 8.79. The number of amides is 1. The first-order valence-corrected chi connectivity index (χ1v) is 12.9. The Bertz CT molecular complexity index is 900. The summed E-state index contributed by atoms with van der Waals surface area (Å²) in [7, 11) is -6.11. The van der Waals surface area contributed by atoms with Gasteiger partial charge in [0.15, 0.2) is 19.7 Å². The summed E-state index contributed by atoms with van der Waals surface area (Å²) in [6.07, 6.45) is 0.977. The Hall–Kier alpha value is -1.16. The minimum Gasteiger partial charge on any atom is -0.333 e. The molecule has 0 radical (unpaired) electrons. The molecule has 27 heavy (non-hydrogen) atoms. The number of halogens is 1. The third-order valence-electron chi connectivity index (χ3n) is 5.02. The summed E-state index contributed by atoms with van der Waals surface area (Å²) in [6, 6.07) is 6.01. The molecule has 2 aliphatic rings. The predicted molar refractivity (Wildman–Crippen MR) is 105 cm³/mol. The third kappa shape index (κ3) is 5.43. The Morgan fingerprint density at radius 1 is 1.04 bits per heavy atom. The van der Waals surface area contributed by atoms with Crippen molar-refractivity contribution in [3.05, 3.63) is 34.9 Å². The van der Waals surface area contributed by atoms with Crippen molar-refractivity contribution in [2.45, 2.75) is 24.9 Å². The van der Waals surface area contributed by atoms with Gasteiger partial charge < -0.3 is 10.2 Å². The van der Waals surface area contributed by atoms with Gasteiger partial charge in [-0.15, -0.1) is 0 Å². The highest BCUT2D eigenvalue weighted by molar-refractivity contribution is 7.91. The molecule has 1 amide bonds. The Morgan fingerprint density at radius 2 is 1.67 bits per heavy atom. The zero-order valence-electron chi connectivity index (χ0n) is 14.8. The first-order valence-electron chi connectivity index (χ1n) is 8.86. The normalized spacial score (nSPS) is 26.1. The highest BCUT2D eigenvalue weighted by atomic mass is 35.5. The number of hydrogen-bond acceptors (Lipinski definition) is 6. The van der Waals surface area contributed by atoms with Gasteiger partial charge in [0.1, 0.15) is 0 Å².